The highest BCUT2D eigenvalue weighted by Crippen LogP contribution is 2.05. The van der Waals surface area contributed by atoms with Crippen molar-refractivity contribution >= 4 is 22.0 Å². The van der Waals surface area contributed by atoms with E-state index < -0.39 is 27.6 Å². The number of hydrogen-bond acceptors (Lipinski definition) is 5. The maximum Gasteiger partial charge on any atom is 0.408 e. The van der Waals surface area contributed by atoms with E-state index in [0.29, 0.717) is 6.42 Å². The third kappa shape index (κ3) is 12.4. The van der Waals surface area contributed by atoms with Crippen LogP contribution in [0.15, 0.2) is 0 Å². The lowest BCUT2D eigenvalue weighted by Crippen LogP contribution is -2.42. The summed E-state index contributed by atoms with van der Waals surface area (Å²) >= 11 is 0. The quantitative estimate of drug-likeness (QED) is 0.525. The van der Waals surface area contributed by atoms with Gasteiger partial charge in [-0.25, -0.2) is 17.9 Å². The second-order valence-electron chi connectivity index (χ2n) is 5.77. The summed E-state index contributed by atoms with van der Waals surface area (Å²) in [6.07, 6.45) is 0.720. The number of alkyl carbamates (subject to hydrolysis) is 1. The van der Waals surface area contributed by atoms with E-state index in [9.17, 15) is 18.0 Å². The van der Waals surface area contributed by atoms with Gasteiger partial charge in [-0.15, -0.1) is 0 Å². The molecule has 0 aliphatic carbocycles. The Labute approximate surface area is 132 Å². The van der Waals surface area contributed by atoms with Crippen molar-refractivity contribution in [3.63, 3.8) is 0 Å². The van der Waals surface area contributed by atoms with Gasteiger partial charge >= 0.3 is 6.09 Å². The van der Waals surface area contributed by atoms with Gasteiger partial charge in [0, 0.05) is 13.1 Å². The van der Waals surface area contributed by atoms with Crippen LogP contribution in [0.1, 0.15) is 40.5 Å². The first kappa shape index (κ1) is 20.6. The van der Waals surface area contributed by atoms with Gasteiger partial charge < -0.3 is 15.4 Å². The maximum absolute atomic E-state index is 11.5. The first-order chi connectivity index (χ1) is 10.1. The molecule has 0 rings (SSSR count). The van der Waals surface area contributed by atoms with Crippen LogP contribution in [-0.2, 0) is 19.6 Å². The Balaban J connectivity index is 3.81. The Hall–Kier alpha value is -1.35. The molecule has 0 spiro atoms. The van der Waals surface area contributed by atoms with Gasteiger partial charge in [-0.05, 0) is 27.2 Å². The van der Waals surface area contributed by atoms with Crippen LogP contribution < -0.4 is 15.4 Å². The highest BCUT2D eigenvalue weighted by molar-refractivity contribution is 7.89. The molecule has 130 valence electrons. The van der Waals surface area contributed by atoms with Crippen molar-refractivity contribution in [2.24, 2.45) is 0 Å². The molecule has 2 amide bonds. The average Bonchev–Trinajstić information content (AvgIpc) is 2.37. The Bertz CT molecular complexity index is 457. The summed E-state index contributed by atoms with van der Waals surface area (Å²) in [6.45, 7) is 7.11. The lowest BCUT2D eigenvalue weighted by atomic mass is 10.2. The number of rotatable bonds is 9. The second-order valence-corrected chi connectivity index (χ2v) is 7.70. The van der Waals surface area contributed by atoms with E-state index in [1.165, 1.54) is 0 Å². The van der Waals surface area contributed by atoms with Gasteiger partial charge in [0.15, 0.2) is 0 Å². The molecule has 0 atom stereocenters. The van der Waals surface area contributed by atoms with Crippen molar-refractivity contribution in [2.45, 2.75) is 46.1 Å². The molecule has 0 radical (unpaired) electrons. The normalized spacial score (nSPS) is 11.8. The fourth-order valence-electron chi connectivity index (χ4n) is 1.34. The molecule has 22 heavy (non-hydrogen) atoms. The molecule has 0 fully saturated rings. The zero-order chi connectivity index (χ0) is 17.2. The molecular formula is C13H27N3O5S. The minimum absolute atomic E-state index is 0.0810. The van der Waals surface area contributed by atoms with Crippen molar-refractivity contribution in [1.29, 1.82) is 0 Å². The van der Waals surface area contributed by atoms with Crippen LogP contribution in [0.2, 0.25) is 0 Å². The Kier molecular flexibility index (Phi) is 9.03. The van der Waals surface area contributed by atoms with Gasteiger partial charge in [0.1, 0.15) is 5.60 Å². The number of carbonyl (C=O) groups excluding carboxylic acids is 2. The molecule has 0 heterocycles. The topological polar surface area (TPSA) is 114 Å². The SMILES string of the molecule is CCCCS(=O)(=O)NCCNC(=O)CNC(=O)OC(C)(C)C. The number of sulfonamides is 1. The standard InChI is InChI=1S/C13H27N3O5S/c1-5-6-9-22(19,20)16-8-7-14-11(17)10-15-12(18)21-13(2,3)4/h16H,5-10H2,1-4H3,(H,14,17)(H,15,18). The van der Waals surface area contributed by atoms with Crippen LogP contribution in [0.25, 0.3) is 0 Å². The van der Waals surface area contributed by atoms with Gasteiger partial charge in [0.2, 0.25) is 15.9 Å². The summed E-state index contributed by atoms with van der Waals surface area (Å²) in [7, 11) is -3.28. The molecule has 0 saturated carbocycles. The number of amides is 2. The predicted molar refractivity (Wildman–Crippen MR) is 83.9 cm³/mol. The van der Waals surface area contributed by atoms with E-state index >= 15 is 0 Å². The molecule has 3 N–H and O–H groups in total. The van der Waals surface area contributed by atoms with Crippen molar-refractivity contribution in [3.05, 3.63) is 0 Å². The minimum atomic E-state index is -3.28. The summed E-state index contributed by atoms with van der Waals surface area (Å²) in [5, 5.41) is 4.81. The fraction of sp³-hybridized carbons (Fsp3) is 0.846. The first-order valence-electron chi connectivity index (χ1n) is 7.26. The molecule has 0 aromatic carbocycles. The van der Waals surface area contributed by atoms with Crippen LogP contribution in [0.4, 0.5) is 4.79 Å². The van der Waals surface area contributed by atoms with Crippen molar-refractivity contribution in [3.8, 4) is 0 Å². The summed E-state index contributed by atoms with van der Waals surface area (Å²) in [4.78, 5) is 22.8. The van der Waals surface area contributed by atoms with E-state index in [4.69, 9.17) is 4.74 Å². The lowest BCUT2D eigenvalue weighted by molar-refractivity contribution is -0.120. The van der Waals surface area contributed by atoms with Crippen LogP contribution in [0, 0.1) is 0 Å². The largest absolute Gasteiger partial charge is 0.444 e. The van der Waals surface area contributed by atoms with Crippen molar-refractivity contribution in [2.75, 3.05) is 25.4 Å². The highest BCUT2D eigenvalue weighted by Gasteiger charge is 2.16. The van der Waals surface area contributed by atoms with Crippen LogP contribution in [0.3, 0.4) is 0 Å². The first-order valence-corrected chi connectivity index (χ1v) is 8.92. The summed E-state index contributed by atoms with van der Waals surface area (Å²) < 4.78 is 30.3. The molecule has 0 saturated heterocycles. The number of hydrogen-bond donors (Lipinski definition) is 3. The van der Waals surface area contributed by atoms with E-state index in [0.717, 1.165) is 6.42 Å². The zero-order valence-electron chi connectivity index (χ0n) is 13.7. The summed E-state index contributed by atoms with van der Waals surface area (Å²) in [5.41, 5.74) is -0.628. The molecule has 0 unspecified atom stereocenters. The van der Waals surface area contributed by atoms with Gasteiger partial charge in [-0.2, -0.15) is 0 Å². The van der Waals surface area contributed by atoms with E-state index in [1.807, 2.05) is 6.92 Å². The molecule has 8 nitrogen and oxygen atoms in total. The molecule has 9 heteroatoms. The molecular weight excluding hydrogens is 310 g/mol. The van der Waals surface area contributed by atoms with Crippen LogP contribution >= 0.6 is 0 Å². The van der Waals surface area contributed by atoms with Gasteiger partial charge in [0.25, 0.3) is 0 Å². The number of ether oxygens (including phenoxy) is 1. The van der Waals surface area contributed by atoms with Crippen LogP contribution in [0.5, 0.6) is 0 Å². The maximum atomic E-state index is 11.5. The minimum Gasteiger partial charge on any atom is -0.444 e. The Morgan fingerprint density at radius 2 is 1.73 bits per heavy atom. The molecule has 0 aromatic rings. The third-order valence-electron chi connectivity index (χ3n) is 2.33. The average molecular weight is 337 g/mol. The van der Waals surface area contributed by atoms with Crippen molar-refractivity contribution < 1.29 is 22.7 Å². The lowest BCUT2D eigenvalue weighted by Gasteiger charge is -2.19. The predicted octanol–water partition coefficient (Wildman–Crippen LogP) is 0.347. The monoisotopic (exact) mass is 337 g/mol. The number of unbranched alkanes of at least 4 members (excludes halogenated alkanes) is 1. The summed E-state index contributed by atoms with van der Waals surface area (Å²) in [6, 6.07) is 0. The fourth-order valence-corrected chi connectivity index (χ4v) is 2.57. The molecule has 0 aliphatic rings. The van der Waals surface area contributed by atoms with E-state index in [-0.39, 0.29) is 25.4 Å². The van der Waals surface area contributed by atoms with Crippen LogP contribution in [-0.4, -0.2) is 51.4 Å². The highest BCUT2D eigenvalue weighted by atomic mass is 32.2. The number of nitrogens with one attached hydrogen (secondary N) is 3. The number of carbonyl (C=O) groups is 2. The van der Waals surface area contributed by atoms with E-state index in [2.05, 4.69) is 15.4 Å². The smallest absolute Gasteiger partial charge is 0.408 e. The molecule has 0 aromatic heterocycles. The summed E-state index contributed by atoms with van der Waals surface area (Å²) in [5.74, 6) is -0.337. The Morgan fingerprint density at radius 1 is 1.09 bits per heavy atom. The van der Waals surface area contributed by atoms with Gasteiger partial charge in [-0.1, -0.05) is 13.3 Å². The zero-order valence-corrected chi connectivity index (χ0v) is 14.5. The third-order valence-corrected chi connectivity index (χ3v) is 3.80. The Morgan fingerprint density at radius 3 is 2.27 bits per heavy atom. The van der Waals surface area contributed by atoms with Crippen molar-refractivity contribution in [1.82, 2.24) is 15.4 Å². The second kappa shape index (κ2) is 9.62. The van der Waals surface area contributed by atoms with E-state index in [1.54, 1.807) is 20.8 Å². The molecule has 0 bridgehead atoms. The molecule has 0 aliphatic heterocycles. The van der Waals surface area contributed by atoms with Gasteiger partial charge in [0.05, 0.1) is 12.3 Å². The van der Waals surface area contributed by atoms with Gasteiger partial charge in [-0.3, -0.25) is 4.79 Å².